The van der Waals surface area contributed by atoms with E-state index < -0.39 is 17.0 Å². The maximum atomic E-state index is 11.6. The van der Waals surface area contributed by atoms with E-state index in [0.29, 0.717) is 25.9 Å². The molecule has 2 fully saturated rings. The van der Waals surface area contributed by atoms with Gasteiger partial charge in [0.1, 0.15) is 5.41 Å². The molecule has 98 valence electrons. The van der Waals surface area contributed by atoms with Gasteiger partial charge in [0.2, 0.25) is 0 Å². The summed E-state index contributed by atoms with van der Waals surface area (Å²) < 4.78 is 5.25. The monoisotopic (exact) mass is 243 g/mol. The van der Waals surface area contributed by atoms with Gasteiger partial charge in [-0.3, -0.25) is 4.79 Å². The van der Waals surface area contributed by atoms with E-state index in [-0.39, 0.29) is 6.61 Å². The summed E-state index contributed by atoms with van der Waals surface area (Å²) in [7, 11) is 2.00. The number of aliphatic carboxylic acids is 1. The van der Waals surface area contributed by atoms with Crippen LogP contribution in [0.25, 0.3) is 0 Å². The molecule has 0 radical (unpaired) electrons. The summed E-state index contributed by atoms with van der Waals surface area (Å²) in [5.74, 6) is -0.915. The Labute approximate surface area is 101 Å². The van der Waals surface area contributed by atoms with E-state index in [0.717, 1.165) is 19.5 Å². The highest BCUT2D eigenvalue weighted by molar-refractivity contribution is 5.77. The van der Waals surface area contributed by atoms with Crippen molar-refractivity contribution in [2.75, 3.05) is 33.4 Å². The number of nitrogens with zero attached hydrogens (tertiary/aromatic N) is 1. The molecule has 0 aromatic rings. The molecule has 2 aliphatic heterocycles. The summed E-state index contributed by atoms with van der Waals surface area (Å²) in [6, 6.07) is 0. The van der Waals surface area contributed by atoms with Crippen molar-refractivity contribution in [1.82, 2.24) is 4.90 Å². The van der Waals surface area contributed by atoms with Gasteiger partial charge in [0.05, 0.1) is 12.2 Å². The number of ether oxygens (including phenoxy) is 1. The molecule has 0 spiro atoms. The minimum Gasteiger partial charge on any atom is -0.481 e. The lowest BCUT2D eigenvalue weighted by atomic mass is 9.67. The van der Waals surface area contributed by atoms with Gasteiger partial charge in [-0.1, -0.05) is 0 Å². The lowest BCUT2D eigenvalue weighted by Gasteiger charge is -2.40. The molecule has 2 N–H and O–H groups in total. The van der Waals surface area contributed by atoms with Crippen LogP contribution in [0.5, 0.6) is 0 Å². The summed E-state index contributed by atoms with van der Waals surface area (Å²) >= 11 is 0. The highest BCUT2D eigenvalue weighted by atomic mass is 16.5. The van der Waals surface area contributed by atoms with Crippen molar-refractivity contribution < 1.29 is 19.7 Å². The van der Waals surface area contributed by atoms with Crippen LogP contribution in [0, 0.1) is 5.41 Å². The Kier molecular flexibility index (Phi) is 3.43. The van der Waals surface area contributed by atoms with E-state index >= 15 is 0 Å². The number of aliphatic hydroxyl groups is 1. The van der Waals surface area contributed by atoms with Crippen LogP contribution < -0.4 is 0 Å². The zero-order chi connectivity index (χ0) is 12.5. The van der Waals surface area contributed by atoms with Gasteiger partial charge in [-0.2, -0.15) is 0 Å². The summed E-state index contributed by atoms with van der Waals surface area (Å²) in [6.07, 6.45) is 2.32. The number of carboxylic acids is 1. The summed E-state index contributed by atoms with van der Waals surface area (Å²) in [6.45, 7) is 2.23. The summed E-state index contributed by atoms with van der Waals surface area (Å²) in [4.78, 5) is 13.7. The molecule has 5 heteroatoms. The van der Waals surface area contributed by atoms with Crippen LogP contribution in [0.15, 0.2) is 0 Å². The first-order valence-electron chi connectivity index (χ1n) is 6.22. The van der Waals surface area contributed by atoms with Gasteiger partial charge >= 0.3 is 5.97 Å². The molecule has 2 atom stereocenters. The van der Waals surface area contributed by atoms with Crippen LogP contribution in [0.3, 0.4) is 0 Å². The first-order chi connectivity index (χ1) is 8.00. The van der Waals surface area contributed by atoms with Crippen molar-refractivity contribution in [2.45, 2.75) is 31.3 Å². The van der Waals surface area contributed by atoms with Gasteiger partial charge in [-0.15, -0.1) is 0 Å². The standard InChI is InChI=1S/C12H21NO4/c1-13-6-2-3-12(16,4-7-13)11(10(14)15)5-8-17-9-11/h16H,2-9H2,1H3,(H,14,15). The van der Waals surface area contributed by atoms with Crippen LogP contribution in [0.2, 0.25) is 0 Å². The van der Waals surface area contributed by atoms with E-state index in [1.54, 1.807) is 0 Å². The Morgan fingerprint density at radius 2 is 2.06 bits per heavy atom. The Balaban J connectivity index is 2.25. The third-order valence-electron chi connectivity index (χ3n) is 4.36. The van der Waals surface area contributed by atoms with Crippen molar-refractivity contribution in [3.63, 3.8) is 0 Å². The molecule has 0 saturated carbocycles. The largest absolute Gasteiger partial charge is 0.481 e. The zero-order valence-corrected chi connectivity index (χ0v) is 10.3. The Hall–Kier alpha value is -0.650. The number of hydrogen-bond acceptors (Lipinski definition) is 4. The van der Waals surface area contributed by atoms with Gasteiger partial charge in [-0.25, -0.2) is 0 Å². The number of rotatable bonds is 2. The normalized spacial score (nSPS) is 40.1. The fraction of sp³-hybridized carbons (Fsp3) is 0.917. The smallest absolute Gasteiger partial charge is 0.315 e. The minimum absolute atomic E-state index is 0.141. The van der Waals surface area contributed by atoms with E-state index in [9.17, 15) is 15.0 Å². The number of carboxylic acid groups (broad SMARTS) is 1. The van der Waals surface area contributed by atoms with Crippen molar-refractivity contribution in [2.24, 2.45) is 5.41 Å². The quantitative estimate of drug-likeness (QED) is 0.731. The molecule has 2 unspecified atom stereocenters. The average Bonchev–Trinajstić information content (AvgIpc) is 2.71. The second kappa shape index (κ2) is 4.55. The van der Waals surface area contributed by atoms with E-state index in [1.807, 2.05) is 7.05 Å². The molecule has 0 aromatic carbocycles. The lowest BCUT2D eigenvalue weighted by Crippen LogP contribution is -2.54. The minimum atomic E-state index is -1.12. The molecule has 0 aromatic heterocycles. The summed E-state index contributed by atoms with van der Waals surface area (Å²) in [5, 5.41) is 20.3. The van der Waals surface area contributed by atoms with Gasteiger partial charge in [0.25, 0.3) is 0 Å². The maximum Gasteiger partial charge on any atom is 0.315 e. The predicted molar refractivity (Wildman–Crippen MR) is 61.8 cm³/mol. The van der Waals surface area contributed by atoms with Gasteiger partial charge in [0, 0.05) is 13.2 Å². The maximum absolute atomic E-state index is 11.6. The van der Waals surface area contributed by atoms with Crippen molar-refractivity contribution >= 4 is 5.97 Å². The van der Waals surface area contributed by atoms with E-state index in [2.05, 4.69) is 4.90 Å². The van der Waals surface area contributed by atoms with E-state index in [1.165, 1.54) is 0 Å². The van der Waals surface area contributed by atoms with Crippen LogP contribution in [-0.4, -0.2) is 60.0 Å². The highest BCUT2D eigenvalue weighted by Crippen LogP contribution is 2.45. The zero-order valence-electron chi connectivity index (χ0n) is 10.3. The van der Waals surface area contributed by atoms with Gasteiger partial charge in [-0.05, 0) is 39.3 Å². The number of carbonyl (C=O) groups is 1. The molecule has 5 nitrogen and oxygen atoms in total. The second-order valence-corrected chi connectivity index (χ2v) is 5.38. The lowest BCUT2D eigenvalue weighted by molar-refractivity contribution is -0.171. The van der Waals surface area contributed by atoms with Crippen LogP contribution in [0.1, 0.15) is 25.7 Å². The molecule has 2 heterocycles. The van der Waals surface area contributed by atoms with Crippen LogP contribution in [0.4, 0.5) is 0 Å². The average molecular weight is 243 g/mol. The molecule has 2 rings (SSSR count). The van der Waals surface area contributed by atoms with Gasteiger partial charge < -0.3 is 19.8 Å². The van der Waals surface area contributed by atoms with Crippen LogP contribution in [-0.2, 0) is 9.53 Å². The van der Waals surface area contributed by atoms with Crippen molar-refractivity contribution in [3.05, 3.63) is 0 Å². The number of hydrogen-bond donors (Lipinski definition) is 2. The summed E-state index contributed by atoms with van der Waals surface area (Å²) in [5.41, 5.74) is -2.22. The third kappa shape index (κ3) is 2.07. The molecular formula is C12H21NO4. The molecule has 0 aliphatic carbocycles. The first-order valence-corrected chi connectivity index (χ1v) is 6.22. The Morgan fingerprint density at radius 3 is 2.65 bits per heavy atom. The van der Waals surface area contributed by atoms with E-state index in [4.69, 9.17) is 4.74 Å². The van der Waals surface area contributed by atoms with Gasteiger partial charge in [0.15, 0.2) is 0 Å². The number of likely N-dealkylation sites (tertiary alicyclic amines) is 1. The second-order valence-electron chi connectivity index (χ2n) is 5.38. The fourth-order valence-corrected chi connectivity index (χ4v) is 3.03. The SMILES string of the molecule is CN1CCCC(O)(C2(C(=O)O)CCOC2)CC1. The molecule has 17 heavy (non-hydrogen) atoms. The Morgan fingerprint density at radius 1 is 1.29 bits per heavy atom. The first kappa shape index (κ1) is 12.8. The highest BCUT2D eigenvalue weighted by Gasteiger charge is 2.58. The molecule has 2 saturated heterocycles. The molecule has 0 amide bonds. The third-order valence-corrected chi connectivity index (χ3v) is 4.36. The topological polar surface area (TPSA) is 70.0 Å². The molecule has 0 bridgehead atoms. The molecule has 2 aliphatic rings. The van der Waals surface area contributed by atoms with Crippen molar-refractivity contribution in [1.29, 1.82) is 0 Å². The van der Waals surface area contributed by atoms with Crippen LogP contribution >= 0.6 is 0 Å². The van der Waals surface area contributed by atoms with Crippen molar-refractivity contribution in [3.8, 4) is 0 Å². The molecular weight excluding hydrogens is 222 g/mol. The fourth-order valence-electron chi connectivity index (χ4n) is 3.03. The predicted octanol–water partition coefficient (Wildman–Crippen LogP) is 0.324. The Bertz CT molecular complexity index is 301.